The van der Waals surface area contributed by atoms with Crippen molar-refractivity contribution in [2.45, 2.75) is 19.4 Å². The van der Waals surface area contributed by atoms with Crippen LogP contribution in [0.4, 0.5) is 11.4 Å². The molecule has 2 unspecified atom stereocenters. The van der Waals surface area contributed by atoms with Crippen molar-refractivity contribution in [2.24, 2.45) is 5.92 Å². The van der Waals surface area contributed by atoms with E-state index in [1.54, 1.807) is 7.11 Å². The van der Waals surface area contributed by atoms with Crippen LogP contribution in [0.15, 0.2) is 22.7 Å². The fourth-order valence-corrected chi connectivity index (χ4v) is 2.99. The number of ether oxygens (including phenoxy) is 1. The summed E-state index contributed by atoms with van der Waals surface area (Å²) in [5.41, 5.74) is 7.75. The molecule has 0 bridgehead atoms. The number of halogens is 1. The van der Waals surface area contributed by atoms with Gasteiger partial charge >= 0.3 is 0 Å². The molecule has 1 heterocycles. The summed E-state index contributed by atoms with van der Waals surface area (Å²) in [5.74, 6) is 0.629. The Morgan fingerprint density at radius 1 is 1.47 bits per heavy atom. The van der Waals surface area contributed by atoms with Crippen molar-refractivity contribution < 1.29 is 4.74 Å². The lowest BCUT2D eigenvalue weighted by atomic mass is 9.95. The van der Waals surface area contributed by atoms with Crippen LogP contribution in [0, 0.1) is 5.92 Å². The number of anilines is 2. The maximum atomic E-state index is 5.76. The molecular formula is C13H19BrN2O. The molecule has 0 saturated carbocycles. The molecule has 0 amide bonds. The number of rotatable bonds is 2. The molecule has 2 atom stereocenters. The molecule has 1 fully saturated rings. The minimum atomic E-state index is 0.313. The zero-order valence-corrected chi connectivity index (χ0v) is 11.9. The van der Waals surface area contributed by atoms with Gasteiger partial charge in [0.2, 0.25) is 0 Å². The van der Waals surface area contributed by atoms with E-state index in [0.29, 0.717) is 12.0 Å². The van der Waals surface area contributed by atoms with E-state index >= 15 is 0 Å². The first-order valence-corrected chi connectivity index (χ1v) is 6.74. The summed E-state index contributed by atoms with van der Waals surface area (Å²) in [6.07, 6.45) is 1.48. The predicted octanol–water partition coefficient (Wildman–Crippen LogP) is 2.89. The van der Waals surface area contributed by atoms with Crippen LogP contribution in [0.25, 0.3) is 0 Å². The third kappa shape index (κ3) is 2.75. The van der Waals surface area contributed by atoms with Gasteiger partial charge < -0.3 is 15.4 Å². The van der Waals surface area contributed by atoms with E-state index in [0.717, 1.165) is 29.7 Å². The average Bonchev–Trinajstić information content (AvgIpc) is 2.30. The van der Waals surface area contributed by atoms with Gasteiger partial charge in [-0.1, -0.05) is 6.92 Å². The summed E-state index contributed by atoms with van der Waals surface area (Å²) >= 11 is 3.58. The van der Waals surface area contributed by atoms with Crippen LogP contribution in [-0.2, 0) is 4.74 Å². The number of hydrogen-bond acceptors (Lipinski definition) is 3. The molecule has 4 heteroatoms. The van der Waals surface area contributed by atoms with E-state index in [-0.39, 0.29) is 0 Å². The van der Waals surface area contributed by atoms with Crippen molar-refractivity contribution >= 4 is 27.3 Å². The molecule has 2 rings (SSSR count). The van der Waals surface area contributed by atoms with E-state index in [9.17, 15) is 0 Å². The summed E-state index contributed by atoms with van der Waals surface area (Å²) in [6.45, 7) is 4.27. The van der Waals surface area contributed by atoms with Gasteiger partial charge in [-0.25, -0.2) is 0 Å². The maximum Gasteiger partial charge on any atom is 0.0772 e. The van der Waals surface area contributed by atoms with Crippen LogP contribution in [-0.4, -0.2) is 26.3 Å². The lowest BCUT2D eigenvalue weighted by Crippen LogP contribution is -2.44. The van der Waals surface area contributed by atoms with Crippen LogP contribution in [0.2, 0.25) is 0 Å². The first-order valence-electron chi connectivity index (χ1n) is 5.94. The highest BCUT2D eigenvalue weighted by Gasteiger charge is 2.26. The minimum Gasteiger partial charge on any atom is -0.399 e. The summed E-state index contributed by atoms with van der Waals surface area (Å²) in [7, 11) is 1.79. The molecule has 2 N–H and O–H groups in total. The number of nitrogens with zero attached hydrogens (tertiary/aromatic N) is 1. The van der Waals surface area contributed by atoms with Gasteiger partial charge in [0.1, 0.15) is 0 Å². The van der Waals surface area contributed by atoms with Crippen molar-refractivity contribution in [1.82, 2.24) is 0 Å². The lowest BCUT2D eigenvalue weighted by Gasteiger charge is -2.38. The van der Waals surface area contributed by atoms with E-state index < -0.39 is 0 Å². The molecule has 1 aromatic carbocycles. The van der Waals surface area contributed by atoms with E-state index in [2.05, 4.69) is 33.8 Å². The van der Waals surface area contributed by atoms with Crippen LogP contribution >= 0.6 is 15.9 Å². The van der Waals surface area contributed by atoms with Crippen molar-refractivity contribution in [3.8, 4) is 0 Å². The van der Waals surface area contributed by atoms with Gasteiger partial charge in [0.25, 0.3) is 0 Å². The normalized spacial score (nSPS) is 25.0. The maximum absolute atomic E-state index is 5.76. The van der Waals surface area contributed by atoms with Crippen molar-refractivity contribution in [3.63, 3.8) is 0 Å². The Labute approximate surface area is 111 Å². The van der Waals surface area contributed by atoms with Crippen molar-refractivity contribution in [1.29, 1.82) is 0 Å². The van der Waals surface area contributed by atoms with Crippen LogP contribution in [0.5, 0.6) is 0 Å². The summed E-state index contributed by atoms with van der Waals surface area (Å²) < 4.78 is 6.59. The SMILES string of the molecule is COC1CN(c2ccc(N)cc2Br)CCC1C. The van der Waals surface area contributed by atoms with Gasteiger partial charge in [0, 0.05) is 30.4 Å². The van der Waals surface area contributed by atoms with E-state index in [1.807, 2.05) is 12.1 Å². The zero-order valence-electron chi connectivity index (χ0n) is 10.3. The van der Waals surface area contributed by atoms with Gasteiger partial charge in [-0.15, -0.1) is 0 Å². The number of methoxy groups -OCH3 is 1. The Kier molecular flexibility index (Phi) is 3.94. The standard InChI is InChI=1S/C13H19BrN2O/c1-9-5-6-16(8-13(9)17-2)12-4-3-10(15)7-11(12)14/h3-4,7,9,13H,5-6,8,15H2,1-2H3. The van der Waals surface area contributed by atoms with Crippen molar-refractivity contribution in [3.05, 3.63) is 22.7 Å². The smallest absolute Gasteiger partial charge is 0.0772 e. The Hall–Kier alpha value is -0.740. The molecule has 3 nitrogen and oxygen atoms in total. The highest BCUT2D eigenvalue weighted by molar-refractivity contribution is 9.10. The highest BCUT2D eigenvalue weighted by atomic mass is 79.9. The fourth-order valence-electron chi connectivity index (χ4n) is 2.34. The monoisotopic (exact) mass is 298 g/mol. The third-order valence-corrected chi connectivity index (χ3v) is 4.14. The van der Waals surface area contributed by atoms with Gasteiger partial charge in [-0.2, -0.15) is 0 Å². The fraction of sp³-hybridized carbons (Fsp3) is 0.538. The molecule has 94 valence electrons. The second-order valence-corrected chi connectivity index (χ2v) is 5.55. The molecule has 0 spiro atoms. The molecule has 1 aliphatic heterocycles. The lowest BCUT2D eigenvalue weighted by molar-refractivity contribution is 0.0498. The topological polar surface area (TPSA) is 38.5 Å². The molecule has 1 saturated heterocycles. The molecule has 1 aromatic rings. The molecule has 0 radical (unpaired) electrons. The number of nitrogens with two attached hydrogens (primary N) is 1. The molecule has 17 heavy (non-hydrogen) atoms. The molecule has 0 aromatic heterocycles. The van der Waals surface area contributed by atoms with Crippen molar-refractivity contribution in [2.75, 3.05) is 30.8 Å². The first kappa shape index (κ1) is 12.7. The molecular weight excluding hydrogens is 280 g/mol. The van der Waals surface area contributed by atoms with Gasteiger partial charge in [-0.05, 0) is 46.5 Å². The third-order valence-electron chi connectivity index (χ3n) is 3.50. The van der Waals surface area contributed by atoms with Gasteiger partial charge in [-0.3, -0.25) is 0 Å². The largest absolute Gasteiger partial charge is 0.399 e. The summed E-state index contributed by atoms with van der Waals surface area (Å²) in [6, 6.07) is 5.97. The summed E-state index contributed by atoms with van der Waals surface area (Å²) in [5, 5.41) is 0. The number of nitrogen functional groups attached to an aromatic ring is 1. The number of hydrogen-bond donors (Lipinski definition) is 1. The minimum absolute atomic E-state index is 0.313. The van der Waals surface area contributed by atoms with Crippen LogP contribution in [0.1, 0.15) is 13.3 Å². The van der Waals surface area contributed by atoms with Crippen LogP contribution in [0.3, 0.4) is 0 Å². The zero-order chi connectivity index (χ0) is 12.4. The van der Waals surface area contributed by atoms with Gasteiger partial charge in [0.05, 0.1) is 11.8 Å². The molecule has 1 aliphatic rings. The van der Waals surface area contributed by atoms with Gasteiger partial charge in [0.15, 0.2) is 0 Å². The Morgan fingerprint density at radius 3 is 2.88 bits per heavy atom. The Bertz CT molecular complexity index is 397. The van der Waals surface area contributed by atoms with Crippen LogP contribution < -0.4 is 10.6 Å². The number of benzene rings is 1. The second-order valence-electron chi connectivity index (χ2n) is 4.70. The van der Waals surface area contributed by atoms with E-state index in [4.69, 9.17) is 10.5 Å². The first-order chi connectivity index (χ1) is 8.11. The quantitative estimate of drug-likeness (QED) is 0.853. The van der Waals surface area contributed by atoms with E-state index in [1.165, 1.54) is 5.69 Å². The molecule has 0 aliphatic carbocycles. The summed E-state index contributed by atoms with van der Waals surface area (Å²) in [4.78, 5) is 2.36. The average molecular weight is 299 g/mol. The highest BCUT2D eigenvalue weighted by Crippen LogP contribution is 2.31. The number of piperidine rings is 1. The Balaban J connectivity index is 2.17. The Morgan fingerprint density at radius 2 is 2.24 bits per heavy atom. The predicted molar refractivity (Wildman–Crippen MR) is 75.3 cm³/mol. The second kappa shape index (κ2) is 5.27.